The molecule has 0 atom stereocenters. The van der Waals surface area contributed by atoms with Gasteiger partial charge in [-0.05, 0) is 29.5 Å². The third-order valence-electron chi connectivity index (χ3n) is 3.16. The maximum atomic E-state index is 12.0. The molecule has 1 heterocycles. The molecule has 0 radical (unpaired) electrons. The lowest BCUT2D eigenvalue weighted by Crippen LogP contribution is -2.02. The summed E-state index contributed by atoms with van der Waals surface area (Å²) in [6, 6.07) is 7.33. The highest BCUT2D eigenvalue weighted by Crippen LogP contribution is 2.31. The first-order chi connectivity index (χ1) is 11.5. The first-order valence-corrected chi connectivity index (χ1v) is 6.99. The third kappa shape index (κ3) is 2.99. The van der Waals surface area contributed by atoms with E-state index in [1.54, 1.807) is 18.2 Å². The van der Waals surface area contributed by atoms with Gasteiger partial charge in [0.15, 0.2) is 5.58 Å². The molecule has 122 valence electrons. The van der Waals surface area contributed by atoms with E-state index in [1.165, 1.54) is 13.2 Å². The van der Waals surface area contributed by atoms with Crippen molar-refractivity contribution in [2.24, 2.45) is 4.99 Å². The molecular weight excluding hydrogens is 338 g/mol. The Hall–Kier alpha value is -3.13. The topological polar surface area (TPSA) is 114 Å². The summed E-state index contributed by atoms with van der Waals surface area (Å²) in [5.41, 5.74) is 0.364. The zero-order chi connectivity index (χ0) is 17.3. The van der Waals surface area contributed by atoms with Crippen LogP contribution in [-0.4, -0.2) is 23.2 Å². The van der Waals surface area contributed by atoms with Crippen molar-refractivity contribution in [1.29, 1.82) is 0 Å². The van der Waals surface area contributed by atoms with E-state index >= 15 is 0 Å². The number of nitro benzene ring substituents is 1. The van der Waals surface area contributed by atoms with Crippen molar-refractivity contribution >= 4 is 40.6 Å². The van der Waals surface area contributed by atoms with Crippen molar-refractivity contribution in [1.82, 2.24) is 4.98 Å². The smallest absolute Gasteiger partial charge is 0.322 e. The number of nitrogens with zero attached hydrogens (tertiary/aromatic N) is 3. The molecular formula is C15H9ClN3O5-. The number of aromatic nitrogens is 1. The molecule has 24 heavy (non-hydrogen) atoms. The first kappa shape index (κ1) is 15.8. The number of methoxy groups -OCH3 is 1. The van der Waals surface area contributed by atoms with Crippen LogP contribution in [0.15, 0.2) is 39.7 Å². The van der Waals surface area contributed by atoms with E-state index in [1.807, 2.05) is 0 Å². The van der Waals surface area contributed by atoms with Crippen molar-refractivity contribution in [2.45, 2.75) is 0 Å². The summed E-state index contributed by atoms with van der Waals surface area (Å²) in [5, 5.41) is 22.9. The molecule has 0 fully saturated rings. The zero-order valence-electron chi connectivity index (χ0n) is 12.2. The maximum Gasteiger partial charge on any atom is 0.322 e. The van der Waals surface area contributed by atoms with E-state index < -0.39 is 16.4 Å². The van der Waals surface area contributed by atoms with Crippen LogP contribution >= 0.6 is 11.6 Å². The average molecular weight is 347 g/mol. The standard InChI is InChI=1S/C15H10ClN3O5/c1-23-10-2-3-11-13(6-10)24-15(18-11)17-7-8-4-9(16)5-12(14(8)20)19(21)22/h2-7,20H,1H3/p-1. The molecule has 3 aromatic rings. The monoisotopic (exact) mass is 346 g/mol. The van der Waals surface area contributed by atoms with Gasteiger partial charge in [0.2, 0.25) is 0 Å². The van der Waals surface area contributed by atoms with Crippen molar-refractivity contribution in [2.75, 3.05) is 7.11 Å². The Morgan fingerprint density at radius 2 is 2.17 bits per heavy atom. The molecule has 0 aliphatic carbocycles. The SMILES string of the molecule is COc1ccc2nc(N=Cc3cc(Cl)cc([N+](=O)[O-])c3[O-])oc2c1. The van der Waals surface area contributed by atoms with Gasteiger partial charge in [0, 0.05) is 23.4 Å². The summed E-state index contributed by atoms with van der Waals surface area (Å²) in [6.45, 7) is 0. The summed E-state index contributed by atoms with van der Waals surface area (Å²) in [4.78, 5) is 18.1. The van der Waals surface area contributed by atoms with Gasteiger partial charge in [-0.25, -0.2) is 4.99 Å². The van der Waals surface area contributed by atoms with Crippen molar-refractivity contribution in [3.05, 3.63) is 51.0 Å². The number of hydrogen-bond acceptors (Lipinski definition) is 7. The van der Waals surface area contributed by atoms with E-state index in [2.05, 4.69) is 9.98 Å². The van der Waals surface area contributed by atoms with Gasteiger partial charge in [0.25, 0.3) is 5.69 Å². The fraction of sp³-hybridized carbons (Fsp3) is 0.0667. The van der Waals surface area contributed by atoms with Gasteiger partial charge < -0.3 is 14.3 Å². The van der Waals surface area contributed by atoms with Crippen LogP contribution in [0, 0.1) is 10.1 Å². The van der Waals surface area contributed by atoms with Gasteiger partial charge in [-0.15, -0.1) is 0 Å². The van der Waals surface area contributed by atoms with E-state index in [9.17, 15) is 15.2 Å². The number of ether oxygens (including phenoxy) is 1. The molecule has 9 heteroatoms. The predicted molar refractivity (Wildman–Crippen MR) is 85.4 cm³/mol. The molecule has 0 saturated heterocycles. The minimum absolute atomic E-state index is 0.000261. The van der Waals surface area contributed by atoms with Gasteiger partial charge in [-0.2, -0.15) is 4.98 Å². The minimum Gasteiger partial charge on any atom is -0.867 e. The first-order valence-electron chi connectivity index (χ1n) is 6.61. The lowest BCUT2D eigenvalue weighted by atomic mass is 10.2. The van der Waals surface area contributed by atoms with Crippen LogP contribution in [0.4, 0.5) is 11.7 Å². The van der Waals surface area contributed by atoms with Gasteiger partial charge in [0.1, 0.15) is 11.3 Å². The van der Waals surface area contributed by atoms with E-state index in [4.69, 9.17) is 20.8 Å². The molecule has 0 amide bonds. The zero-order valence-corrected chi connectivity index (χ0v) is 13.0. The molecule has 0 aliphatic heterocycles. The molecule has 1 aromatic heterocycles. The Bertz CT molecular complexity index is 967. The molecule has 3 rings (SSSR count). The Morgan fingerprint density at radius 1 is 1.38 bits per heavy atom. The second-order valence-electron chi connectivity index (χ2n) is 4.69. The summed E-state index contributed by atoms with van der Waals surface area (Å²) in [6.07, 6.45) is 1.13. The van der Waals surface area contributed by atoms with Gasteiger partial charge >= 0.3 is 6.01 Å². The van der Waals surface area contributed by atoms with Crippen LogP contribution in [0.3, 0.4) is 0 Å². The van der Waals surface area contributed by atoms with Crippen LogP contribution in [0.5, 0.6) is 11.5 Å². The van der Waals surface area contributed by atoms with Crippen LogP contribution in [-0.2, 0) is 0 Å². The molecule has 0 aliphatic rings. The fourth-order valence-electron chi connectivity index (χ4n) is 2.03. The molecule has 2 aromatic carbocycles. The molecule has 0 unspecified atom stereocenters. The number of fused-ring (bicyclic) bond motifs is 1. The Labute approximate surface area is 140 Å². The molecule has 0 spiro atoms. The molecule has 0 N–H and O–H groups in total. The summed E-state index contributed by atoms with van der Waals surface area (Å²) < 4.78 is 10.5. The predicted octanol–water partition coefficient (Wildman–Crippen LogP) is 3.22. The summed E-state index contributed by atoms with van der Waals surface area (Å²) in [7, 11) is 1.53. The minimum atomic E-state index is -0.794. The van der Waals surface area contributed by atoms with Gasteiger partial charge in [-0.3, -0.25) is 10.1 Å². The molecule has 0 bridgehead atoms. The van der Waals surface area contributed by atoms with Gasteiger partial charge in [0.05, 0.1) is 12.0 Å². The van der Waals surface area contributed by atoms with Crippen LogP contribution < -0.4 is 9.84 Å². The van der Waals surface area contributed by atoms with E-state index in [0.29, 0.717) is 16.8 Å². The maximum absolute atomic E-state index is 12.0. The van der Waals surface area contributed by atoms with Crippen LogP contribution in [0.1, 0.15) is 5.56 Å². The average Bonchev–Trinajstić information content (AvgIpc) is 2.96. The lowest BCUT2D eigenvalue weighted by molar-refractivity contribution is -0.398. The number of benzene rings is 2. The van der Waals surface area contributed by atoms with Crippen LogP contribution in [0.2, 0.25) is 5.02 Å². The molecule has 0 saturated carbocycles. The third-order valence-corrected chi connectivity index (χ3v) is 3.38. The lowest BCUT2D eigenvalue weighted by Gasteiger charge is -2.10. The van der Waals surface area contributed by atoms with Crippen molar-refractivity contribution < 1.29 is 19.2 Å². The normalized spacial score (nSPS) is 11.2. The number of oxazole rings is 1. The highest BCUT2D eigenvalue weighted by molar-refractivity contribution is 6.31. The highest BCUT2D eigenvalue weighted by Gasteiger charge is 2.12. The van der Waals surface area contributed by atoms with Gasteiger partial charge in [-0.1, -0.05) is 11.6 Å². The van der Waals surface area contributed by atoms with E-state index in [0.717, 1.165) is 12.3 Å². The van der Waals surface area contributed by atoms with Crippen molar-refractivity contribution in [3.8, 4) is 11.5 Å². The van der Waals surface area contributed by atoms with Crippen LogP contribution in [0.25, 0.3) is 11.1 Å². The molecule has 8 nitrogen and oxygen atoms in total. The second kappa shape index (κ2) is 6.17. The highest BCUT2D eigenvalue weighted by atomic mass is 35.5. The van der Waals surface area contributed by atoms with Crippen molar-refractivity contribution in [3.63, 3.8) is 0 Å². The van der Waals surface area contributed by atoms with E-state index in [-0.39, 0.29) is 16.6 Å². The number of hydrogen-bond donors (Lipinski definition) is 0. The summed E-state index contributed by atoms with van der Waals surface area (Å²) >= 11 is 5.79. The Morgan fingerprint density at radius 3 is 2.88 bits per heavy atom. The Kier molecular flexibility index (Phi) is 4.05. The number of rotatable bonds is 4. The quantitative estimate of drug-likeness (QED) is 0.407. The summed E-state index contributed by atoms with van der Waals surface area (Å²) in [5.74, 6) is -0.188. The Balaban J connectivity index is 1.97. The number of aliphatic imine (C=N–C) groups is 1. The largest absolute Gasteiger partial charge is 0.867 e. The second-order valence-corrected chi connectivity index (χ2v) is 5.13. The number of nitro groups is 1. The fourth-order valence-corrected chi connectivity index (χ4v) is 2.25. The number of halogens is 1.